The molecule has 0 atom stereocenters. The Bertz CT molecular complexity index is 276. The molecule has 0 aliphatic carbocycles. The van der Waals surface area contributed by atoms with Gasteiger partial charge >= 0.3 is 6.03 Å². The summed E-state index contributed by atoms with van der Waals surface area (Å²) in [7, 11) is 1.66. The third-order valence-electron chi connectivity index (χ3n) is 3.54. The zero-order chi connectivity index (χ0) is 14.3. The first kappa shape index (κ1) is 16.2. The van der Waals surface area contributed by atoms with Gasteiger partial charge in [-0.1, -0.05) is 6.92 Å². The van der Waals surface area contributed by atoms with Crippen LogP contribution in [0.4, 0.5) is 4.79 Å². The van der Waals surface area contributed by atoms with E-state index in [1.54, 1.807) is 7.11 Å². The zero-order valence-electron chi connectivity index (χ0n) is 12.7. The lowest BCUT2D eigenvalue weighted by Crippen LogP contribution is -2.49. The smallest absolute Gasteiger partial charge is 0.317 e. The van der Waals surface area contributed by atoms with Gasteiger partial charge in [0.1, 0.15) is 0 Å². The Labute approximate surface area is 116 Å². The minimum Gasteiger partial charge on any atom is -0.383 e. The Kier molecular flexibility index (Phi) is 6.58. The van der Waals surface area contributed by atoms with Gasteiger partial charge in [-0.25, -0.2) is 4.79 Å². The molecule has 1 aliphatic rings. The summed E-state index contributed by atoms with van der Waals surface area (Å²) < 4.78 is 10.5. The minimum atomic E-state index is -0.000216. The molecular formula is C14H28N2O3. The van der Waals surface area contributed by atoms with Crippen molar-refractivity contribution in [3.63, 3.8) is 0 Å². The molecule has 0 aromatic rings. The van der Waals surface area contributed by atoms with E-state index in [0.717, 1.165) is 32.6 Å². The highest BCUT2D eigenvalue weighted by molar-refractivity contribution is 5.74. The standard InChI is InChI=1S/C14H28N2O3/c1-12(2)15-13(17)16(7-10-18-4)11-14(3)5-8-19-9-6-14/h12H,5-11H2,1-4H3,(H,15,17). The molecule has 0 spiro atoms. The van der Waals surface area contributed by atoms with E-state index in [4.69, 9.17) is 9.47 Å². The average Bonchev–Trinajstić information content (AvgIpc) is 2.34. The predicted molar refractivity (Wildman–Crippen MR) is 75.3 cm³/mol. The normalized spacial score (nSPS) is 18.4. The highest BCUT2D eigenvalue weighted by atomic mass is 16.5. The summed E-state index contributed by atoms with van der Waals surface area (Å²) in [6.45, 7) is 9.73. The van der Waals surface area contributed by atoms with Gasteiger partial charge in [-0.2, -0.15) is 0 Å². The van der Waals surface area contributed by atoms with Crippen molar-refractivity contribution in [1.82, 2.24) is 10.2 Å². The van der Waals surface area contributed by atoms with E-state index in [9.17, 15) is 4.79 Å². The van der Waals surface area contributed by atoms with Crippen molar-refractivity contribution in [2.45, 2.75) is 39.7 Å². The Morgan fingerprint density at radius 2 is 2.05 bits per heavy atom. The van der Waals surface area contributed by atoms with Crippen LogP contribution in [0.3, 0.4) is 0 Å². The van der Waals surface area contributed by atoms with Crippen LogP contribution in [0.2, 0.25) is 0 Å². The molecule has 1 aliphatic heterocycles. The molecule has 0 unspecified atom stereocenters. The van der Waals surface area contributed by atoms with Crippen LogP contribution in [0, 0.1) is 5.41 Å². The predicted octanol–water partition coefficient (Wildman–Crippen LogP) is 1.87. The molecule has 0 aromatic heterocycles. The zero-order valence-corrected chi connectivity index (χ0v) is 12.7. The summed E-state index contributed by atoms with van der Waals surface area (Å²) in [6.07, 6.45) is 2.01. The summed E-state index contributed by atoms with van der Waals surface area (Å²) >= 11 is 0. The Hall–Kier alpha value is -0.810. The van der Waals surface area contributed by atoms with Crippen LogP contribution in [0.25, 0.3) is 0 Å². The van der Waals surface area contributed by atoms with Crippen molar-refractivity contribution in [1.29, 1.82) is 0 Å². The second-order valence-corrected chi connectivity index (χ2v) is 5.94. The Morgan fingerprint density at radius 1 is 1.42 bits per heavy atom. The van der Waals surface area contributed by atoms with Gasteiger partial charge in [0.25, 0.3) is 0 Å². The van der Waals surface area contributed by atoms with Crippen LogP contribution in [0.1, 0.15) is 33.6 Å². The molecule has 0 saturated carbocycles. The van der Waals surface area contributed by atoms with E-state index in [0.29, 0.717) is 13.2 Å². The van der Waals surface area contributed by atoms with E-state index >= 15 is 0 Å². The molecule has 5 heteroatoms. The first-order valence-electron chi connectivity index (χ1n) is 7.09. The van der Waals surface area contributed by atoms with E-state index in [1.807, 2.05) is 18.7 Å². The number of nitrogens with one attached hydrogen (secondary N) is 1. The van der Waals surface area contributed by atoms with E-state index < -0.39 is 0 Å². The summed E-state index contributed by atoms with van der Waals surface area (Å²) in [6, 6.07) is 0.153. The average molecular weight is 272 g/mol. The van der Waals surface area contributed by atoms with Gasteiger partial charge in [0.05, 0.1) is 6.61 Å². The van der Waals surface area contributed by atoms with Crippen molar-refractivity contribution in [2.75, 3.05) is 40.0 Å². The van der Waals surface area contributed by atoms with Crippen LogP contribution in [-0.2, 0) is 9.47 Å². The monoisotopic (exact) mass is 272 g/mol. The number of methoxy groups -OCH3 is 1. The van der Waals surface area contributed by atoms with E-state index in [2.05, 4.69) is 12.2 Å². The van der Waals surface area contributed by atoms with E-state index in [-0.39, 0.29) is 17.5 Å². The summed E-state index contributed by atoms with van der Waals surface area (Å²) in [5.74, 6) is 0. The van der Waals surface area contributed by atoms with Crippen molar-refractivity contribution in [3.8, 4) is 0 Å². The fourth-order valence-electron chi connectivity index (χ4n) is 2.28. The first-order valence-corrected chi connectivity index (χ1v) is 7.09. The summed E-state index contributed by atoms with van der Waals surface area (Å²) in [5.41, 5.74) is 0.153. The summed E-state index contributed by atoms with van der Waals surface area (Å²) in [4.78, 5) is 14.1. The lowest BCUT2D eigenvalue weighted by Gasteiger charge is -2.38. The number of rotatable bonds is 6. The summed E-state index contributed by atoms with van der Waals surface area (Å²) in [5, 5.41) is 2.96. The van der Waals surface area contributed by atoms with Gasteiger partial charge < -0.3 is 19.7 Å². The maximum Gasteiger partial charge on any atom is 0.317 e. The number of carbonyl (C=O) groups is 1. The number of hydrogen-bond acceptors (Lipinski definition) is 3. The van der Waals surface area contributed by atoms with Gasteiger partial charge in [0, 0.05) is 39.5 Å². The molecular weight excluding hydrogens is 244 g/mol. The van der Waals surface area contributed by atoms with Crippen LogP contribution in [0.15, 0.2) is 0 Å². The number of carbonyl (C=O) groups excluding carboxylic acids is 1. The van der Waals surface area contributed by atoms with Gasteiger partial charge in [0.2, 0.25) is 0 Å². The Balaban J connectivity index is 2.59. The second-order valence-electron chi connectivity index (χ2n) is 5.94. The largest absolute Gasteiger partial charge is 0.383 e. The van der Waals surface area contributed by atoms with Crippen LogP contribution in [-0.4, -0.2) is 57.0 Å². The van der Waals surface area contributed by atoms with Crippen molar-refractivity contribution in [3.05, 3.63) is 0 Å². The van der Waals surface area contributed by atoms with Gasteiger partial charge in [-0.05, 0) is 32.1 Å². The number of hydrogen-bond donors (Lipinski definition) is 1. The van der Waals surface area contributed by atoms with E-state index in [1.165, 1.54) is 0 Å². The number of urea groups is 1. The quantitative estimate of drug-likeness (QED) is 0.803. The first-order chi connectivity index (χ1) is 8.97. The number of amides is 2. The lowest BCUT2D eigenvalue weighted by atomic mass is 9.82. The molecule has 112 valence electrons. The fourth-order valence-corrected chi connectivity index (χ4v) is 2.28. The second kappa shape index (κ2) is 7.70. The third kappa shape index (κ3) is 5.78. The molecule has 1 heterocycles. The highest BCUT2D eigenvalue weighted by Crippen LogP contribution is 2.30. The fraction of sp³-hybridized carbons (Fsp3) is 0.929. The van der Waals surface area contributed by atoms with Crippen molar-refractivity contribution < 1.29 is 14.3 Å². The van der Waals surface area contributed by atoms with Gasteiger partial charge in [-0.15, -0.1) is 0 Å². The van der Waals surface area contributed by atoms with Crippen LogP contribution in [0.5, 0.6) is 0 Å². The molecule has 19 heavy (non-hydrogen) atoms. The Morgan fingerprint density at radius 3 is 2.58 bits per heavy atom. The molecule has 1 N–H and O–H groups in total. The molecule has 2 amide bonds. The lowest BCUT2D eigenvalue weighted by molar-refractivity contribution is 0.00794. The number of ether oxygens (including phenoxy) is 2. The molecule has 1 fully saturated rings. The highest BCUT2D eigenvalue weighted by Gasteiger charge is 2.31. The maximum absolute atomic E-state index is 12.2. The SMILES string of the molecule is COCCN(CC1(C)CCOCC1)C(=O)NC(C)C. The molecule has 5 nitrogen and oxygen atoms in total. The molecule has 0 aromatic carbocycles. The van der Waals surface area contributed by atoms with Crippen molar-refractivity contribution in [2.24, 2.45) is 5.41 Å². The minimum absolute atomic E-state index is 0.000216. The van der Waals surface area contributed by atoms with Gasteiger partial charge in [-0.3, -0.25) is 0 Å². The van der Waals surface area contributed by atoms with Crippen molar-refractivity contribution >= 4 is 6.03 Å². The maximum atomic E-state index is 12.2. The van der Waals surface area contributed by atoms with Crippen LogP contribution >= 0.6 is 0 Å². The molecule has 1 saturated heterocycles. The number of nitrogens with zero attached hydrogens (tertiary/aromatic N) is 1. The molecule has 0 bridgehead atoms. The van der Waals surface area contributed by atoms with Crippen LogP contribution < -0.4 is 5.32 Å². The molecule has 0 radical (unpaired) electrons. The topological polar surface area (TPSA) is 50.8 Å². The molecule has 1 rings (SSSR count). The third-order valence-corrected chi connectivity index (χ3v) is 3.54. The van der Waals surface area contributed by atoms with Gasteiger partial charge in [0.15, 0.2) is 0 Å².